The quantitative estimate of drug-likeness (QED) is 0.446. The molecule has 0 spiro atoms. The number of hydrogen-bond acceptors (Lipinski definition) is 5. The van der Waals surface area contributed by atoms with Gasteiger partial charge in [-0.1, -0.05) is 64.1 Å². The average Bonchev–Trinajstić information content (AvgIpc) is 2.70. The van der Waals surface area contributed by atoms with Crippen LogP contribution in [0.4, 0.5) is 0 Å². The minimum atomic E-state index is -0.540. The van der Waals surface area contributed by atoms with E-state index in [1.54, 1.807) is 17.8 Å². The van der Waals surface area contributed by atoms with Gasteiger partial charge >= 0.3 is 5.97 Å². The van der Waals surface area contributed by atoms with Crippen molar-refractivity contribution in [1.29, 1.82) is 0 Å². The SMILES string of the molecule is CN.COC(=O)/C(N)=C/c1ccc(Sc2ccc3ccccc3c2)cc1Br. The Morgan fingerprint density at radius 1 is 1.00 bits per heavy atom. The van der Waals surface area contributed by atoms with Gasteiger partial charge in [0.15, 0.2) is 0 Å². The third-order valence-electron chi connectivity index (χ3n) is 3.66. The van der Waals surface area contributed by atoms with Crippen molar-refractivity contribution in [3.8, 4) is 0 Å². The van der Waals surface area contributed by atoms with Crippen molar-refractivity contribution in [1.82, 2.24) is 0 Å². The number of esters is 1. The van der Waals surface area contributed by atoms with E-state index in [9.17, 15) is 4.79 Å². The lowest BCUT2D eigenvalue weighted by atomic mass is 10.1. The van der Waals surface area contributed by atoms with Gasteiger partial charge in [-0.15, -0.1) is 0 Å². The van der Waals surface area contributed by atoms with Gasteiger partial charge in [-0.2, -0.15) is 0 Å². The molecule has 0 aliphatic heterocycles. The lowest BCUT2D eigenvalue weighted by Crippen LogP contribution is -2.12. The molecule has 4 nitrogen and oxygen atoms in total. The van der Waals surface area contributed by atoms with Crippen LogP contribution in [0.1, 0.15) is 5.56 Å². The largest absolute Gasteiger partial charge is 0.464 e. The maximum atomic E-state index is 11.4. The summed E-state index contributed by atoms with van der Waals surface area (Å²) in [5.74, 6) is -0.540. The number of carbonyl (C=O) groups is 1. The highest BCUT2D eigenvalue weighted by molar-refractivity contribution is 9.10. The number of hydrogen-bond donors (Lipinski definition) is 2. The van der Waals surface area contributed by atoms with Crippen molar-refractivity contribution in [2.75, 3.05) is 14.2 Å². The molecule has 0 aromatic heterocycles. The Morgan fingerprint density at radius 3 is 2.30 bits per heavy atom. The van der Waals surface area contributed by atoms with Gasteiger partial charge in [-0.05, 0) is 53.7 Å². The van der Waals surface area contributed by atoms with E-state index in [2.05, 4.69) is 56.7 Å². The van der Waals surface area contributed by atoms with Gasteiger partial charge < -0.3 is 16.2 Å². The minimum absolute atomic E-state index is 0.0677. The predicted molar refractivity (Wildman–Crippen MR) is 117 cm³/mol. The highest BCUT2D eigenvalue weighted by atomic mass is 79.9. The van der Waals surface area contributed by atoms with E-state index in [0.717, 1.165) is 14.9 Å². The van der Waals surface area contributed by atoms with Gasteiger partial charge in [-0.25, -0.2) is 4.79 Å². The molecule has 140 valence electrons. The van der Waals surface area contributed by atoms with Crippen LogP contribution in [0.15, 0.2) is 80.6 Å². The lowest BCUT2D eigenvalue weighted by molar-refractivity contribution is -0.136. The third-order valence-corrected chi connectivity index (χ3v) is 5.33. The first-order chi connectivity index (χ1) is 13.1. The van der Waals surface area contributed by atoms with Gasteiger partial charge in [0.2, 0.25) is 0 Å². The Hall–Kier alpha value is -2.28. The number of fused-ring (bicyclic) bond motifs is 1. The zero-order valence-electron chi connectivity index (χ0n) is 15.1. The summed E-state index contributed by atoms with van der Waals surface area (Å²) in [4.78, 5) is 13.7. The number of methoxy groups -OCH3 is 1. The van der Waals surface area contributed by atoms with Gasteiger partial charge in [0.05, 0.1) is 7.11 Å². The molecule has 0 bridgehead atoms. The molecule has 0 fully saturated rings. The van der Waals surface area contributed by atoms with Crippen molar-refractivity contribution in [3.05, 3.63) is 76.4 Å². The minimum Gasteiger partial charge on any atom is -0.464 e. The lowest BCUT2D eigenvalue weighted by Gasteiger charge is -2.07. The number of ether oxygens (including phenoxy) is 1. The molecule has 3 aromatic rings. The smallest absolute Gasteiger partial charge is 0.353 e. The molecule has 0 aliphatic carbocycles. The number of halogens is 1. The first-order valence-electron chi connectivity index (χ1n) is 8.16. The van der Waals surface area contributed by atoms with Gasteiger partial charge in [0, 0.05) is 14.3 Å². The Kier molecular flexibility index (Phi) is 7.91. The number of carbonyl (C=O) groups excluding carboxylic acids is 1. The number of nitrogens with two attached hydrogens (primary N) is 2. The van der Waals surface area contributed by atoms with E-state index >= 15 is 0 Å². The summed E-state index contributed by atoms with van der Waals surface area (Å²) in [6.07, 6.45) is 1.60. The fraction of sp³-hybridized carbons (Fsp3) is 0.0952. The zero-order valence-corrected chi connectivity index (χ0v) is 17.5. The summed E-state index contributed by atoms with van der Waals surface area (Å²) in [5.41, 5.74) is 11.1. The fourth-order valence-electron chi connectivity index (χ4n) is 2.40. The first kappa shape index (κ1) is 21.0. The number of benzene rings is 3. The van der Waals surface area contributed by atoms with Crippen LogP contribution < -0.4 is 11.5 Å². The molecule has 0 saturated heterocycles. The Balaban J connectivity index is 0.00000126. The summed E-state index contributed by atoms with van der Waals surface area (Å²) in [6.45, 7) is 0. The molecule has 0 amide bonds. The molecular weight excluding hydrogens is 424 g/mol. The maximum absolute atomic E-state index is 11.4. The third kappa shape index (κ3) is 5.60. The molecule has 0 aliphatic rings. The van der Waals surface area contributed by atoms with Gasteiger partial charge in [0.1, 0.15) is 5.70 Å². The van der Waals surface area contributed by atoms with Crippen molar-refractivity contribution in [3.63, 3.8) is 0 Å². The molecule has 6 heteroatoms. The van der Waals surface area contributed by atoms with Crippen molar-refractivity contribution >= 4 is 50.5 Å². The van der Waals surface area contributed by atoms with Crippen LogP contribution in [0, 0.1) is 0 Å². The van der Waals surface area contributed by atoms with Crippen LogP contribution in [0.25, 0.3) is 16.8 Å². The standard InChI is InChI=1S/C20H16BrNO2S.CH5N/c1-24-20(23)19(22)11-15-7-9-17(12-18(15)21)25-16-8-6-13-4-2-3-5-14(13)10-16;1-2/h2-12H,22H2,1H3;2H2,1H3/b19-11-;. The van der Waals surface area contributed by atoms with E-state index in [0.29, 0.717) is 0 Å². The average molecular weight is 445 g/mol. The van der Waals surface area contributed by atoms with Crippen LogP contribution in [-0.4, -0.2) is 20.1 Å². The molecule has 0 atom stereocenters. The highest BCUT2D eigenvalue weighted by Crippen LogP contribution is 2.33. The second-order valence-corrected chi connectivity index (χ2v) is 7.39. The van der Waals surface area contributed by atoms with E-state index < -0.39 is 5.97 Å². The Morgan fingerprint density at radius 2 is 1.63 bits per heavy atom. The van der Waals surface area contributed by atoms with Crippen molar-refractivity contribution < 1.29 is 9.53 Å². The molecule has 0 radical (unpaired) electrons. The van der Waals surface area contributed by atoms with Crippen molar-refractivity contribution in [2.45, 2.75) is 9.79 Å². The van der Waals surface area contributed by atoms with E-state index in [1.165, 1.54) is 29.8 Å². The molecule has 3 aromatic carbocycles. The normalized spacial score (nSPS) is 10.9. The van der Waals surface area contributed by atoms with Gasteiger partial charge in [-0.3, -0.25) is 0 Å². The Bertz CT molecular complexity index is 973. The molecule has 0 unspecified atom stereocenters. The van der Waals surface area contributed by atoms with E-state index in [4.69, 9.17) is 5.73 Å². The monoisotopic (exact) mass is 444 g/mol. The molecule has 4 N–H and O–H groups in total. The fourth-order valence-corrected chi connectivity index (χ4v) is 3.95. The van der Waals surface area contributed by atoms with Gasteiger partial charge in [0.25, 0.3) is 0 Å². The van der Waals surface area contributed by atoms with Crippen molar-refractivity contribution in [2.24, 2.45) is 11.5 Å². The topological polar surface area (TPSA) is 78.3 Å². The van der Waals surface area contributed by atoms with Crippen LogP contribution >= 0.6 is 27.7 Å². The van der Waals surface area contributed by atoms with E-state index in [-0.39, 0.29) is 5.70 Å². The summed E-state index contributed by atoms with van der Waals surface area (Å²) in [5, 5.41) is 2.45. The summed E-state index contributed by atoms with van der Waals surface area (Å²) in [7, 11) is 2.81. The highest BCUT2D eigenvalue weighted by Gasteiger charge is 2.07. The molecule has 0 saturated carbocycles. The number of rotatable bonds is 4. The summed E-state index contributed by atoms with van der Waals surface area (Å²) < 4.78 is 5.48. The van der Waals surface area contributed by atoms with Crippen LogP contribution in [-0.2, 0) is 9.53 Å². The van der Waals surface area contributed by atoms with E-state index in [1.807, 2.05) is 30.3 Å². The molecule has 27 heavy (non-hydrogen) atoms. The second-order valence-electron chi connectivity index (χ2n) is 5.39. The predicted octanol–water partition coefficient (Wildman–Crippen LogP) is 4.80. The van der Waals surface area contributed by atoms with Crippen LogP contribution in [0.2, 0.25) is 0 Å². The summed E-state index contributed by atoms with van der Waals surface area (Å²) in [6, 6.07) is 20.6. The molecular formula is C21H21BrN2O2S. The molecule has 3 rings (SSSR count). The van der Waals surface area contributed by atoms with Crippen LogP contribution in [0.3, 0.4) is 0 Å². The molecule has 0 heterocycles. The second kappa shape index (κ2) is 10.2. The first-order valence-corrected chi connectivity index (χ1v) is 9.77. The zero-order chi connectivity index (χ0) is 19.8. The van der Waals surface area contributed by atoms with Crippen LogP contribution in [0.5, 0.6) is 0 Å². The summed E-state index contributed by atoms with van der Waals surface area (Å²) >= 11 is 5.22. The maximum Gasteiger partial charge on any atom is 0.353 e. The Labute approximate surface area is 171 Å².